The Kier molecular flexibility index (Phi) is 5.01. The van der Waals surface area contributed by atoms with Crippen LogP contribution < -0.4 is 5.32 Å². The molecule has 2 rings (SSSR count). The summed E-state index contributed by atoms with van der Waals surface area (Å²) >= 11 is 0. The summed E-state index contributed by atoms with van der Waals surface area (Å²) in [6, 6.07) is 0.579. The molecule has 4 heteroatoms. The van der Waals surface area contributed by atoms with Crippen LogP contribution in [-0.4, -0.2) is 61.0 Å². The normalized spacial score (nSPS) is 30.4. The number of nitrogens with zero attached hydrogens (tertiary/aromatic N) is 2. The van der Waals surface area contributed by atoms with Crippen molar-refractivity contribution in [1.29, 1.82) is 0 Å². The van der Waals surface area contributed by atoms with Gasteiger partial charge >= 0.3 is 0 Å². The van der Waals surface area contributed by atoms with E-state index in [4.69, 9.17) is 0 Å². The standard InChI is InChI=1S/C14H27N3O/c1-3-6-16-7-9-17(10-8-16)14(18)13-5-4-12(2)15-11-13/h12-13,15H,3-11H2,1-2H3. The van der Waals surface area contributed by atoms with Crippen LogP contribution in [0.1, 0.15) is 33.1 Å². The molecule has 2 aliphatic rings. The highest BCUT2D eigenvalue weighted by Crippen LogP contribution is 2.17. The van der Waals surface area contributed by atoms with Crippen LogP contribution in [0, 0.1) is 5.92 Å². The van der Waals surface area contributed by atoms with Crippen molar-refractivity contribution in [2.75, 3.05) is 39.3 Å². The number of carbonyl (C=O) groups excluding carboxylic acids is 1. The van der Waals surface area contributed by atoms with Gasteiger partial charge in [0.25, 0.3) is 0 Å². The van der Waals surface area contributed by atoms with E-state index in [1.807, 2.05) is 0 Å². The number of hydrogen-bond acceptors (Lipinski definition) is 3. The second kappa shape index (κ2) is 6.53. The summed E-state index contributed by atoms with van der Waals surface area (Å²) in [5, 5.41) is 3.42. The molecule has 0 aromatic rings. The predicted octanol–water partition coefficient (Wildman–Crippen LogP) is 0.929. The molecule has 4 nitrogen and oxygen atoms in total. The first-order chi connectivity index (χ1) is 8.70. The minimum absolute atomic E-state index is 0.221. The topological polar surface area (TPSA) is 35.6 Å². The van der Waals surface area contributed by atoms with Crippen molar-refractivity contribution >= 4 is 5.91 Å². The summed E-state index contributed by atoms with van der Waals surface area (Å²) in [7, 11) is 0. The average Bonchev–Trinajstić information content (AvgIpc) is 2.40. The Balaban J connectivity index is 1.77. The van der Waals surface area contributed by atoms with Crippen molar-refractivity contribution in [2.45, 2.75) is 39.2 Å². The van der Waals surface area contributed by atoms with Crippen LogP contribution >= 0.6 is 0 Å². The van der Waals surface area contributed by atoms with Gasteiger partial charge in [0.15, 0.2) is 0 Å². The molecular formula is C14H27N3O. The van der Waals surface area contributed by atoms with E-state index in [1.165, 1.54) is 13.0 Å². The molecule has 0 saturated carbocycles. The van der Waals surface area contributed by atoms with Crippen molar-refractivity contribution < 1.29 is 4.79 Å². The van der Waals surface area contributed by atoms with E-state index in [2.05, 4.69) is 29.0 Å². The van der Waals surface area contributed by atoms with Crippen LogP contribution in [0.2, 0.25) is 0 Å². The molecule has 2 atom stereocenters. The zero-order valence-corrected chi connectivity index (χ0v) is 11.8. The lowest BCUT2D eigenvalue weighted by atomic mass is 9.94. The Morgan fingerprint density at radius 3 is 2.50 bits per heavy atom. The second-order valence-corrected chi connectivity index (χ2v) is 5.75. The average molecular weight is 253 g/mol. The zero-order chi connectivity index (χ0) is 13.0. The largest absolute Gasteiger partial charge is 0.340 e. The third-order valence-corrected chi connectivity index (χ3v) is 4.23. The molecule has 2 unspecified atom stereocenters. The lowest BCUT2D eigenvalue weighted by Crippen LogP contribution is -2.52. The molecule has 2 fully saturated rings. The lowest BCUT2D eigenvalue weighted by molar-refractivity contribution is -0.138. The van der Waals surface area contributed by atoms with Gasteiger partial charge in [-0.15, -0.1) is 0 Å². The number of piperazine rings is 1. The Morgan fingerprint density at radius 1 is 1.22 bits per heavy atom. The maximum atomic E-state index is 12.4. The van der Waals surface area contributed by atoms with Gasteiger partial charge in [-0.1, -0.05) is 6.92 Å². The molecular weight excluding hydrogens is 226 g/mol. The second-order valence-electron chi connectivity index (χ2n) is 5.75. The first-order valence-corrected chi connectivity index (χ1v) is 7.45. The Labute approximate surface area is 111 Å². The molecule has 0 aromatic heterocycles. The summed E-state index contributed by atoms with van der Waals surface area (Å²) < 4.78 is 0. The SMILES string of the molecule is CCCN1CCN(C(=O)C2CCC(C)NC2)CC1. The third kappa shape index (κ3) is 3.45. The lowest BCUT2D eigenvalue weighted by Gasteiger charge is -2.37. The van der Waals surface area contributed by atoms with Crippen molar-refractivity contribution in [3.05, 3.63) is 0 Å². The monoisotopic (exact) mass is 253 g/mol. The maximum Gasteiger partial charge on any atom is 0.227 e. The molecule has 2 heterocycles. The Hall–Kier alpha value is -0.610. The van der Waals surface area contributed by atoms with Gasteiger partial charge in [-0.3, -0.25) is 9.69 Å². The van der Waals surface area contributed by atoms with Crippen LogP contribution in [0.5, 0.6) is 0 Å². The molecule has 18 heavy (non-hydrogen) atoms. The van der Waals surface area contributed by atoms with Gasteiger partial charge in [0, 0.05) is 38.8 Å². The molecule has 0 spiro atoms. The zero-order valence-electron chi connectivity index (χ0n) is 11.8. The number of hydrogen-bond donors (Lipinski definition) is 1. The fourth-order valence-electron chi connectivity index (χ4n) is 2.98. The molecule has 2 aliphatic heterocycles. The van der Waals surface area contributed by atoms with Gasteiger partial charge < -0.3 is 10.2 Å². The number of carbonyl (C=O) groups is 1. The minimum atomic E-state index is 0.221. The maximum absolute atomic E-state index is 12.4. The highest BCUT2D eigenvalue weighted by molar-refractivity contribution is 5.79. The van der Waals surface area contributed by atoms with Crippen LogP contribution in [0.3, 0.4) is 0 Å². The molecule has 0 aromatic carbocycles. The molecule has 2 saturated heterocycles. The van der Waals surface area contributed by atoms with Crippen molar-refractivity contribution in [3.63, 3.8) is 0 Å². The van der Waals surface area contributed by atoms with E-state index in [0.717, 1.165) is 45.6 Å². The predicted molar refractivity (Wildman–Crippen MR) is 73.5 cm³/mol. The molecule has 104 valence electrons. The van der Waals surface area contributed by atoms with E-state index >= 15 is 0 Å². The van der Waals surface area contributed by atoms with Gasteiger partial charge in [0.05, 0.1) is 5.92 Å². The van der Waals surface area contributed by atoms with E-state index in [0.29, 0.717) is 11.9 Å². The van der Waals surface area contributed by atoms with Gasteiger partial charge in [0.2, 0.25) is 5.91 Å². The van der Waals surface area contributed by atoms with E-state index in [1.54, 1.807) is 0 Å². The number of rotatable bonds is 3. The van der Waals surface area contributed by atoms with Crippen molar-refractivity contribution in [3.8, 4) is 0 Å². The molecule has 1 N–H and O–H groups in total. The van der Waals surface area contributed by atoms with Crippen LogP contribution in [0.15, 0.2) is 0 Å². The fourth-order valence-corrected chi connectivity index (χ4v) is 2.98. The van der Waals surface area contributed by atoms with Crippen molar-refractivity contribution in [1.82, 2.24) is 15.1 Å². The van der Waals surface area contributed by atoms with Gasteiger partial charge in [-0.25, -0.2) is 0 Å². The highest BCUT2D eigenvalue weighted by Gasteiger charge is 2.29. The van der Waals surface area contributed by atoms with Gasteiger partial charge in [-0.05, 0) is 32.7 Å². The molecule has 0 aliphatic carbocycles. The van der Waals surface area contributed by atoms with Crippen molar-refractivity contribution in [2.24, 2.45) is 5.92 Å². The fraction of sp³-hybridized carbons (Fsp3) is 0.929. The third-order valence-electron chi connectivity index (χ3n) is 4.23. The molecule has 0 bridgehead atoms. The summed E-state index contributed by atoms with van der Waals surface area (Å²) in [6.45, 7) is 10.4. The van der Waals surface area contributed by atoms with Crippen LogP contribution in [0.25, 0.3) is 0 Å². The molecule has 0 radical (unpaired) electrons. The van der Waals surface area contributed by atoms with E-state index in [-0.39, 0.29) is 5.92 Å². The number of amides is 1. The first kappa shape index (κ1) is 13.8. The quantitative estimate of drug-likeness (QED) is 0.813. The van der Waals surface area contributed by atoms with E-state index < -0.39 is 0 Å². The summed E-state index contributed by atoms with van der Waals surface area (Å²) in [6.07, 6.45) is 3.40. The minimum Gasteiger partial charge on any atom is -0.340 e. The van der Waals surface area contributed by atoms with E-state index in [9.17, 15) is 4.79 Å². The Bertz CT molecular complexity index is 266. The number of nitrogens with one attached hydrogen (secondary N) is 1. The number of piperidine rings is 1. The summed E-state index contributed by atoms with van der Waals surface area (Å²) in [4.78, 5) is 16.9. The van der Waals surface area contributed by atoms with Crippen LogP contribution in [0.4, 0.5) is 0 Å². The van der Waals surface area contributed by atoms with Gasteiger partial charge in [0.1, 0.15) is 0 Å². The highest BCUT2D eigenvalue weighted by atomic mass is 16.2. The summed E-state index contributed by atoms with van der Waals surface area (Å²) in [5.74, 6) is 0.601. The summed E-state index contributed by atoms with van der Waals surface area (Å²) in [5.41, 5.74) is 0. The first-order valence-electron chi connectivity index (χ1n) is 7.45. The van der Waals surface area contributed by atoms with Crippen LogP contribution in [-0.2, 0) is 4.79 Å². The molecule has 1 amide bonds. The van der Waals surface area contributed by atoms with Gasteiger partial charge in [-0.2, -0.15) is 0 Å². The smallest absolute Gasteiger partial charge is 0.227 e. The Morgan fingerprint density at radius 2 is 1.94 bits per heavy atom.